The number of hydrogen-bond donors (Lipinski definition) is 1. The van der Waals surface area contributed by atoms with Crippen LogP contribution in [0.25, 0.3) is 0 Å². The second-order valence-electron chi connectivity index (χ2n) is 6.52. The zero-order valence-electron chi connectivity index (χ0n) is 14.2. The molecular formula is C17H29NO4. The smallest absolute Gasteiger partial charge is 0.412 e. The summed E-state index contributed by atoms with van der Waals surface area (Å²) in [5.74, 6) is 0. The van der Waals surface area contributed by atoms with Gasteiger partial charge >= 0.3 is 6.09 Å². The molecular weight excluding hydrogens is 282 g/mol. The van der Waals surface area contributed by atoms with Crippen LogP contribution in [0.1, 0.15) is 47.0 Å². The molecule has 1 fully saturated rings. The topological polar surface area (TPSA) is 59.0 Å². The number of allylic oxidation sites excluding steroid dienone is 2. The van der Waals surface area contributed by atoms with Crippen molar-refractivity contribution in [1.82, 2.24) is 4.90 Å². The first kappa shape index (κ1) is 18.7. The molecule has 5 heteroatoms. The molecule has 1 rings (SSSR count). The molecule has 0 aromatic heterocycles. The molecule has 0 saturated carbocycles. The fourth-order valence-electron chi connectivity index (χ4n) is 2.59. The van der Waals surface area contributed by atoms with Crippen LogP contribution < -0.4 is 0 Å². The van der Waals surface area contributed by atoms with Crippen molar-refractivity contribution in [2.45, 2.75) is 58.2 Å². The fraction of sp³-hybridized carbons (Fsp3) is 0.706. The molecule has 0 aromatic carbocycles. The van der Waals surface area contributed by atoms with Gasteiger partial charge in [-0.1, -0.05) is 24.3 Å². The molecule has 0 unspecified atom stereocenters. The minimum Gasteiger partial charge on any atom is -0.445 e. The molecule has 1 saturated heterocycles. The molecule has 1 aliphatic rings. The molecule has 1 amide bonds. The Labute approximate surface area is 133 Å². The number of unbranched alkanes of at least 4 members (excludes halogenated alkanes) is 2. The number of ether oxygens (including phenoxy) is 2. The van der Waals surface area contributed by atoms with Crippen LogP contribution in [-0.4, -0.2) is 47.2 Å². The first-order chi connectivity index (χ1) is 10.3. The molecule has 5 nitrogen and oxygen atoms in total. The van der Waals surface area contributed by atoms with Gasteiger partial charge in [-0.3, -0.25) is 4.90 Å². The van der Waals surface area contributed by atoms with Gasteiger partial charge in [0.2, 0.25) is 0 Å². The van der Waals surface area contributed by atoms with Gasteiger partial charge in [-0.15, -0.1) is 0 Å². The zero-order valence-corrected chi connectivity index (χ0v) is 14.2. The molecule has 1 N–H and O–H groups in total. The van der Waals surface area contributed by atoms with E-state index >= 15 is 0 Å². The van der Waals surface area contributed by atoms with E-state index < -0.39 is 5.72 Å². The van der Waals surface area contributed by atoms with Gasteiger partial charge in [-0.2, -0.15) is 0 Å². The number of amides is 1. The van der Waals surface area contributed by atoms with Crippen LogP contribution in [0.4, 0.5) is 4.79 Å². The molecule has 1 heterocycles. The molecule has 0 atom stereocenters. The van der Waals surface area contributed by atoms with E-state index in [2.05, 4.69) is 0 Å². The Bertz CT molecular complexity index is 397. The molecule has 0 aliphatic carbocycles. The van der Waals surface area contributed by atoms with Gasteiger partial charge < -0.3 is 14.6 Å². The van der Waals surface area contributed by atoms with E-state index in [1.165, 1.54) is 0 Å². The Morgan fingerprint density at radius 3 is 2.36 bits per heavy atom. The number of carbonyl (C=O) groups excluding carboxylic acids is 1. The van der Waals surface area contributed by atoms with Crippen molar-refractivity contribution < 1.29 is 19.4 Å². The molecule has 22 heavy (non-hydrogen) atoms. The van der Waals surface area contributed by atoms with Gasteiger partial charge in [-0.05, 0) is 47.0 Å². The summed E-state index contributed by atoms with van der Waals surface area (Å²) in [6.45, 7) is 8.56. The number of nitrogens with zero attached hydrogens (tertiary/aromatic N) is 1. The van der Waals surface area contributed by atoms with Crippen molar-refractivity contribution >= 4 is 6.09 Å². The molecule has 0 aromatic rings. The molecule has 0 bridgehead atoms. The van der Waals surface area contributed by atoms with E-state index in [1.54, 1.807) is 11.0 Å². The highest BCUT2D eigenvalue weighted by atomic mass is 16.6. The Morgan fingerprint density at radius 1 is 1.18 bits per heavy atom. The minimum absolute atomic E-state index is 0.0959. The lowest BCUT2D eigenvalue weighted by Crippen LogP contribution is -2.52. The summed E-state index contributed by atoms with van der Waals surface area (Å²) in [7, 11) is 0. The second-order valence-corrected chi connectivity index (χ2v) is 6.52. The lowest BCUT2D eigenvalue weighted by Gasteiger charge is -2.36. The second kappa shape index (κ2) is 8.34. The van der Waals surface area contributed by atoms with Gasteiger partial charge in [0.25, 0.3) is 0 Å². The van der Waals surface area contributed by atoms with E-state index in [1.807, 2.05) is 45.9 Å². The first-order valence-electron chi connectivity index (χ1n) is 7.83. The van der Waals surface area contributed by atoms with Crippen LogP contribution in [0.5, 0.6) is 0 Å². The predicted octanol–water partition coefficient (Wildman–Crippen LogP) is 3.24. The summed E-state index contributed by atoms with van der Waals surface area (Å²) in [6.07, 6.45) is 10.1. The van der Waals surface area contributed by atoms with E-state index in [-0.39, 0.29) is 24.8 Å². The first-order valence-corrected chi connectivity index (χ1v) is 7.83. The third kappa shape index (κ3) is 5.46. The highest BCUT2D eigenvalue weighted by Crippen LogP contribution is 2.34. The van der Waals surface area contributed by atoms with Crippen LogP contribution in [0.3, 0.4) is 0 Å². The molecule has 1 aliphatic heterocycles. The average molecular weight is 311 g/mol. The third-order valence-corrected chi connectivity index (χ3v) is 3.59. The van der Waals surface area contributed by atoms with Crippen molar-refractivity contribution in [3.63, 3.8) is 0 Å². The summed E-state index contributed by atoms with van der Waals surface area (Å²) >= 11 is 0. The lowest BCUT2D eigenvalue weighted by molar-refractivity contribution is -0.0503. The maximum Gasteiger partial charge on any atom is 0.412 e. The van der Waals surface area contributed by atoms with Gasteiger partial charge in [0.15, 0.2) is 0 Å². The average Bonchev–Trinajstić information content (AvgIpc) is 2.65. The Hall–Kier alpha value is -1.33. The Morgan fingerprint density at radius 2 is 1.82 bits per heavy atom. The number of aliphatic hydroxyl groups excluding tert-OH is 1. The van der Waals surface area contributed by atoms with Crippen molar-refractivity contribution in [2.75, 3.05) is 19.8 Å². The van der Waals surface area contributed by atoms with E-state index in [4.69, 9.17) is 14.6 Å². The summed E-state index contributed by atoms with van der Waals surface area (Å²) in [5, 5.41) is 8.59. The van der Waals surface area contributed by atoms with Crippen LogP contribution in [0.15, 0.2) is 24.3 Å². The number of hydrogen-bond acceptors (Lipinski definition) is 4. The maximum atomic E-state index is 12.2. The van der Waals surface area contributed by atoms with Crippen molar-refractivity contribution in [3.8, 4) is 0 Å². The lowest BCUT2D eigenvalue weighted by atomic mass is 10.0. The molecule has 0 spiro atoms. The maximum absolute atomic E-state index is 12.2. The fourth-order valence-corrected chi connectivity index (χ4v) is 2.59. The summed E-state index contributed by atoms with van der Waals surface area (Å²) in [6, 6.07) is 0. The Kier molecular flexibility index (Phi) is 7.10. The predicted molar refractivity (Wildman–Crippen MR) is 86.5 cm³/mol. The number of aliphatic hydroxyl groups is 1. The van der Waals surface area contributed by atoms with Gasteiger partial charge in [0.1, 0.15) is 12.3 Å². The van der Waals surface area contributed by atoms with Crippen molar-refractivity contribution in [2.24, 2.45) is 0 Å². The largest absolute Gasteiger partial charge is 0.445 e. The minimum atomic E-state index is -0.636. The number of carbonyl (C=O) groups is 1. The summed E-state index contributed by atoms with van der Waals surface area (Å²) < 4.78 is 11.0. The van der Waals surface area contributed by atoms with Crippen LogP contribution >= 0.6 is 0 Å². The standard InChI is InChI=1S/C17H29NO4/c1-16(2)14-22-17(3,4)18(16)15(20)21-13-11-9-7-5-6-8-10-12-19/h8-11,19H,5-7,12-14H2,1-4H3/b10-8-,11-9-. The van der Waals surface area contributed by atoms with Crippen molar-refractivity contribution in [1.29, 1.82) is 0 Å². The highest BCUT2D eigenvalue weighted by Gasteiger charge is 2.49. The van der Waals surface area contributed by atoms with Gasteiger partial charge in [-0.25, -0.2) is 4.79 Å². The van der Waals surface area contributed by atoms with E-state index in [0.717, 1.165) is 19.3 Å². The Balaban J connectivity index is 2.30. The van der Waals surface area contributed by atoms with Crippen LogP contribution in [0.2, 0.25) is 0 Å². The quantitative estimate of drug-likeness (QED) is 0.579. The van der Waals surface area contributed by atoms with E-state index in [9.17, 15) is 4.79 Å². The zero-order chi connectivity index (χ0) is 16.6. The molecule has 0 radical (unpaired) electrons. The normalized spacial score (nSPS) is 20.1. The third-order valence-electron chi connectivity index (χ3n) is 3.59. The monoisotopic (exact) mass is 311 g/mol. The molecule has 126 valence electrons. The summed E-state index contributed by atoms with van der Waals surface area (Å²) in [4.78, 5) is 13.9. The van der Waals surface area contributed by atoms with Crippen LogP contribution in [-0.2, 0) is 9.47 Å². The van der Waals surface area contributed by atoms with E-state index in [0.29, 0.717) is 6.61 Å². The summed E-state index contributed by atoms with van der Waals surface area (Å²) in [5.41, 5.74) is -0.993. The van der Waals surface area contributed by atoms with Gasteiger partial charge in [0, 0.05) is 0 Å². The van der Waals surface area contributed by atoms with Gasteiger partial charge in [0.05, 0.1) is 18.8 Å². The van der Waals surface area contributed by atoms with Crippen LogP contribution in [0, 0.1) is 0 Å². The number of rotatable bonds is 7. The van der Waals surface area contributed by atoms with Crippen molar-refractivity contribution in [3.05, 3.63) is 24.3 Å². The SMILES string of the molecule is CC1(C)COC(C)(C)N1C(=O)OC/C=C\CCC/C=C\CO. The highest BCUT2D eigenvalue weighted by molar-refractivity contribution is 5.70.